The summed E-state index contributed by atoms with van der Waals surface area (Å²) in [5.41, 5.74) is 0. The number of rotatable bonds is 7. The molecule has 1 heterocycles. The maximum absolute atomic E-state index is 9.01. The Morgan fingerprint density at radius 1 is 1.56 bits per heavy atom. The number of nitrogens with zero attached hydrogens (tertiary/aromatic N) is 1. The number of nitrogens with one attached hydrogen (secondary N) is 1. The van der Waals surface area contributed by atoms with Crippen LogP contribution >= 0.6 is 0 Å². The summed E-state index contributed by atoms with van der Waals surface area (Å²) in [7, 11) is 2.15. The van der Waals surface area contributed by atoms with Gasteiger partial charge in [0.25, 0.3) is 0 Å². The van der Waals surface area contributed by atoms with Gasteiger partial charge >= 0.3 is 0 Å². The van der Waals surface area contributed by atoms with Crippen LogP contribution in [-0.4, -0.2) is 61.5 Å². The Morgan fingerprint density at radius 3 is 2.81 bits per heavy atom. The van der Waals surface area contributed by atoms with Gasteiger partial charge in [0, 0.05) is 31.8 Å². The zero-order chi connectivity index (χ0) is 12.0. The molecule has 1 fully saturated rings. The second-order valence-electron chi connectivity index (χ2n) is 4.64. The number of likely N-dealkylation sites (N-methyl/N-ethyl adjacent to an activating group) is 2. The van der Waals surface area contributed by atoms with E-state index in [-0.39, 0.29) is 6.61 Å². The lowest BCUT2D eigenvalue weighted by molar-refractivity contribution is 0.0790. The first-order valence-corrected chi connectivity index (χ1v) is 6.35. The van der Waals surface area contributed by atoms with Crippen molar-refractivity contribution in [2.24, 2.45) is 0 Å². The number of hydrogen-bond donors (Lipinski definition) is 2. The number of hydrogen-bond acceptors (Lipinski definition) is 4. The molecule has 3 atom stereocenters. The molecule has 1 saturated heterocycles. The maximum Gasteiger partial charge on any atom is 0.0702 e. The number of aliphatic hydroxyl groups excluding tert-OH is 1. The summed E-state index contributed by atoms with van der Waals surface area (Å²) >= 11 is 0. The molecule has 3 unspecified atom stereocenters. The average Bonchev–Trinajstić information content (AvgIpc) is 2.65. The molecule has 4 heteroatoms. The molecule has 0 saturated carbocycles. The minimum Gasteiger partial charge on any atom is -0.396 e. The van der Waals surface area contributed by atoms with Gasteiger partial charge in [0.1, 0.15) is 0 Å². The predicted octanol–water partition coefficient (Wildman–Crippen LogP) is 0.456. The second-order valence-corrected chi connectivity index (χ2v) is 4.64. The van der Waals surface area contributed by atoms with E-state index in [1.807, 2.05) is 0 Å². The van der Waals surface area contributed by atoms with Gasteiger partial charge in [0.05, 0.1) is 6.10 Å². The minimum atomic E-state index is 0.252. The Labute approximate surface area is 99.0 Å². The Bertz CT molecular complexity index is 184. The van der Waals surface area contributed by atoms with Crippen LogP contribution in [0.2, 0.25) is 0 Å². The van der Waals surface area contributed by atoms with Crippen LogP contribution in [-0.2, 0) is 4.74 Å². The van der Waals surface area contributed by atoms with E-state index in [2.05, 4.69) is 31.1 Å². The molecule has 0 aromatic carbocycles. The summed E-state index contributed by atoms with van der Waals surface area (Å²) in [6.07, 6.45) is 2.27. The number of ether oxygens (including phenoxy) is 1. The molecule has 0 aliphatic carbocycles. The fourth-order valence-corrected chi connectivity index (χ4v) is 2.48. The monoisotopic (exact) mass is 230 g/mol. The minimum absolute atomic E-state index is 0.252. The van der Waals surface area contributed by atoms with Crippen molar-refractivity contribution in [3.63, 3.8) is 0 Å². The molecule has 0 amide bonds. The Hall–Kier alpha value is -0.160. The van der Waals surface area contributed by atoms with Crippen molar-refractivity contribution in [1.82, 2.24) is 10.2 Å². The van der Waals surface area contributed by atoms with Crippen molar-refractivity contribution in [2.45, 2.75) is 44.9 Å². The summed E-state index contributed by atoms with van der Waals surface area (Å²) in [6, 6.07) is 0.910. The zero-order valence-electron chi connectivity index (χ0n) is 10.8. The lowest BCUT2D eigenvalue weighted by atomic mass is 10.1. The zero-order valence-corrected chi connectivity index (χ0v) is 10.8. The van der Waals surface area contributed by atoms with Crippen molar-refractivity contribution in [3.05, 3.63) is 0 Å². The molecule has 1 rings (SSSR count). The molecule has 1 aliphatic rings. The van der Waals surface area contributed by atoms with E-state index in [9.17, 15) is 0 Å². The summed E-state index contributed by atoms with van der Waals surface area (Å²) < 4.78 is 5.58. The molecule has 0 aromatic heterocycles. The van der Waals surface area contributed by atoms with Crippen molar-refractivity contribution < 1.29 is 9.84 Å². The lowest BCUT2D eigenvalue weighted by Crippen LogP contribution is -2.46. The molecule has 0 radical (unpaired) electrons. The van der Waals surface area contributed by atoms with Crippen LogP contribution < -0.4 is 5.32 Å². The second kappa shape index (κ2) is 7.22. The Kier molecular flexibility index (Phi) is 6.28. The van der Waals surface area contributed by atoms with E-state index in [1.165, 1.54) is 0 Å². The van der Waals surface area contributed by atoms with Gasteiger partial charge in [0.15, 0.2) is 0 Å². The third-order valence-corrected chi connectivity index (χ3v) is 3.38. The van der Waals surface area contributed by atoms with Gasteiger partial charge in [-0.3, -0.25) is 4.90 Å². The van der Waals surface area contributed by atoms with Gasteiger partial charge in [-0.1, -0.05) is 6.92 Å². The van der Waals surface area contributed by atoms with Crippen LogP contribution in [0.25, 0.3) is 0 Å². The molecule has 4 nitrogen and oxygen atoms in total. The molecule has 0 spiro atoms. The quantitative estimate of drug-likeness (QED) is 0.667. The predicted molar refractivity (Wildman–Crippen MR) is 65.6 cm³/mol. The fraction of sp³-hybridized carbons (Fsp3) is 1.00. The molecule has 1 aliphatic heterocycles. The Morgan fingerprint density at radius 2 is 2.31 bits per heavy atom. The van der Waals surface area contributed by atoms with Crippen LogP contribution in [0, 0.1) is 0 Å². The first kappa shape index (κ1) is 13.9. The molecule has 0 aromatic rings. The molecule has 16 heavy (non-hydrogen) atoms. The SMILES string of the molecule is CCNC(CCO)CN(C)C1CCOC1C. The van der Waals surface area contributed by atoms with Crippen LogP contribution in [0.5, 0.6) is 0 Å². The van der Waals surface area contributed by atoms with Crippen LogP contribution in [0.4, 0.5) is 0 Å². The molecule has 96 valence electrons. The smallest absolute Gasteiger partial charge is 0.0702 e. The standard InChI is InChI=1S/C12H26N2O2/c1-4-13-11(5-7-15)9-14(3)12-6-8-16-10(12)2/h10-13,15H,4-9H2,1-3H3. The van der Waals surface area contributed by atoms with Gasteiger partial charge in [-0.05, 0) is 33.4 Å². The normalized spacial score (nSPS) is 27.6. The topological polar surface area (TPSA) is 44.7 Å². The highest BCUT2D eigenvalue weighted by Crippen LogP contribution is 2.18. The van der Waals surface area contributed by atoms with E-state index >= 15 is 0 Å². The Balaban J connectivity index is 2.37. The van der Waals surface area contributed by atoms with Gasteiger partial charge in [-0.15, -0.1) is 0 Å². The summed E-state index contributed by atoms with van der Waals surface area (Å²) in [5.74, 6) is 0. The highest BCUT2D eigenvalue weighted by molar-refractivity contribution is 4.83. The van der Waals surface area contributed by atoms with E-state index in [1.54, 1.807) is 0 Å². The van der Waals surface area contributed by atoms with E-state index < -0.39 is 0 Å². The van der Waals surface area contributed by atoms with Crippen molar-refractivity contribution >= 4 is 0 Å². The van der Waals surface area contributed by atoms with Gasteiger partial charge in [0.2, 0.25) is 0 Å². The molecule has 0 bridgehead atoms. The third kappa shape index (κ3) is 4.01. The summed E-state index contributed by atoms with van der Waals surface area (Å²) in [4.78, 5) is 2.36. The lowest BCUT2D eigenvalue weighted by Gasteiger charge is -2.30. The van der Waals surface area contributed by atoms with Crippen LogP contribution in [0.15, 0.2) is 0 Å². The maximum atomic E-state index is 9.01. The number of aliphatic hydroxyl groups is 1. The largest absolute Gasteiger partial charge is 0.396 e. The van der Waals surface area contributed by atoms with Gasteiger partial charge in [-0.25, -0.2) is 0 Å². The van der Waals surface area contributed by atoms with E-state index in [0.29, 0.717) is 18.2 Å². The molecule has 2 N–H and O–H groups in total. The van der Waals surface area contributed by atoms with Crippen LogP contribution in [0.1, 0.15) is 26.7 Å². The van der Waals surface area contributed by atoms with E-state index in [0.717, 1.165) is 32.5 Å². The van der Waals surface area contributed by atoms with Crippen molar-refractivity contribution in [2.75, 3.05) is 33.4 Å². The average molecular weight is 230 g/mol. The highest BCUT2D eigenvalue weighted by Gasteiger charge is 2.28. The van der Waals surface area contributed by atoms with Crippen molar-refractivity contribution in [3.8, 4) is 0 Å². The van der Waals surface area contributed by atoms with Crippen LogP contribution in [0.3, 0.4) is 0 Å². The van der Waals surface area contributed by atoms with E-state index in [4.69, 9.17) is 9.84 Å². The fourth-order valence-electron chi connectivity index (χ4n) is 2.48. The first-order chi connectivity index (χ1) is 7.69. The first-order valence-electron chi connectivity index (χ1n) is 6.35. The molecular weight excluding hydrogens is 204 g/mol. The van der Waals surface area contributed by atoms with Gasteiger partial charge < -0.3 is 15.2 Å². The van der Waals surface area contributed by atoms with Crippen molar-refractivity contribution in [1.29, 1.82) is 0 Å². The third-order valence-electron chi connectivity index (χ3n) is 3.38. The summed E-state index contributed by atoms with van der Waals surface area (Å²) in [6.45, 7) is 7.31. The molecular formula is C12H26N2O2. The van der Waals surface area contributed by atoms with Gasteiger partial charge in [-0.2, -0.15) is 0 Å². The summed E-state index contributed by atoms with van der Waals surface area (Å²) in [5, 5.41) is 12.4. The highest BCUT2D eigenvalue weighted by atomic mass is 16.5.